The molecule has 1 aromatic carbocycles. The van der Waals surface area contributed by atoms with E-state index in [-0.39, 0.29) is 23.8 Å². The average molecular weight is 417 g/mol. The molecule has 1 fully saturated rings. The van der Waals surface area contributed by atoms with Gasteiger partial charge in [0.1, 0.15) is 19.2 Å². The zero-order chi connectivity index (χ0) is 20.8. The van der Waals surface area contributed by atoms with Crippen LogP contribution in [0.4, 0.5) is 0 Å². The van der Waals surface area contributed by atoms with E-state index >= 15 is 0 Å². The Morgan fingerprint density at radius 1 is 1.10 bits per heavy atom. The predicted octanol–water partition coefficient (Wildman–Crippen LogP) is 3.00. The lowest BCUT2D eigenvalue weighted by Crippen LogP contribution is -2.15. The molecule has 2 aromatic heterocycles. The molecule has 154 valence electrons. The number of rotatable bonds is 5. The van der Waals surface area contributed by atoms with E-state index < -0.39 is 9.84 Å². The fourth-order valence-corrected chi connectivity index (χ4v) is 4.66. The Labute approximate surface area is 169 Å². The fraction of sp³-hybridized carbons (Fsp3) is 0.450. The molecule has 0 saturated carbocycles. The number of aromatic nitrogens is 4. The quantitative estimate of drug-likeness (QED) is 0.631. The SMILES string of the molecule is C[C@@H]1[C@H](C)[C@@H](C)O[C@H]1n1cnc2c(OCc3ccccc3S(C)(=O)=O)ncnc21. The van der Waals surface area contributed by atoms with Crippen LogP contribution in [0.25, 0.3) is 11.2 Å². The molecule has 29 heavy (non-hydrogen) atoms. The van der Waals surface area contributed by atoms with E-state index in [4.69, 9.17) is 9.47 Å². The number of nitrogens with zero attached hydrogens (tertiary/aromatic N) is 4. The smallest absolute Gasteiger partial charge is 0.245 e. The molecule has 0 N–H and O–H groups in total. The first-order valence-electron chi connectivity index (χ1n) is 9.51. The largest absolute Gasteiger partial charge is 0.471 e. The minimum Gasteiger partial charge on any atom is -0.471 e. The Bertz CT molecular complexity index is 1140. The minimum atomic E-state index is -3.35. The first-order valence-corrected chi connectivity index (χ1v) is 11.4. The Kier molecular flexibility index (Phi) is 5.04. The van der Waals surface area contributed by atoms with Crippen molar-refractivity contribution in [1.82, 2.24) is 19.5 Å². The topological polar surface area (TPSA) is 96.2 Å². The van der Waals surface area contributed by atoms with Gasteiger partial charge in [-0.05, 0) is 18.9 Å². The predicted molar refractivity (Wildman–Crippen MR) is 107 cm³/mol. The van der Waals surface area contributed by atoms with Crippen molar-refractivity contribution in [1.29, 1.82) is 0 Å². The number of fused-ring (bicyclic) bond motifs is 1. The second kappa shape index (κ2) is 7.38. The molecule has 1 aliphatic heterocycles. The van der Waals surface area contributed by atoms with Crippen molar-refractivity contribution >= 4 is 21.0 Å². The molecule has 0 aliphatic carbocycles. The number of hydrogen-bond donors (Lipinski definition) is 0. The van der Waals surface area contributed by atoms with E-state index in [0.29, 0.717) is 34.4 Å². The van der Waals surface area contributed by atoms with Crippen molar-refractivity contribution in [2.75, 3.05) is 6.26 Å². The van der Waals surface area contributed by atoms with Crippen LogP contribution in [0.5, 0.6) is 5.88 Å². The summed E-state index contributed by atoms with van der Waals surface area (Å²) in [7, 11) is -3.35. The van der Waals surface area contributed by atoms with Crippen molar-refractivity contribution in [3.05, 3.63) is 42.5 Å². The summed E-state index contributed by atoms with van der Waals surface area (Å²) >= 11 is 0. The van der Waals surface area contributed by atoms with Gasteiger partial charge in [-0.3, -0.25) is 4.57 Å². The number of imidazole rings is 1. The maximum Gasteiger partial charge on any atom is 0.245 e. The summed E-state index contributed by atoms with van der Waals surface area (Å²) in [5.41, 5.74) is 1.72. The normalized spacial score (nSPS) is 24.8. The van der Waals surface area contributed by atoms with Gasteiger partial charge in [0.05, 0.1) is 17.3 Å². The molecule has 1 aliphatic rings. The highest BCUT2D eigenvalue weighted by Gasteiger charge is 2.38. The zero-order valence-corrected chi connectivity index (χ0v) is 17.6. The Hall–Kier alpha value is -2.52. The van der Waals surface area contributed by atoms with E-state index in [2.05, 4.69) is 35.7 Å². The summed E-state index contributed by atoms with van der Waals surface area (Å²) < 4.78 is 37.9. The molecule has 3 aromatic rings. The molecule has 0 unspecified atom stereocenters. The van der Waals surface area contributed by atoms with Gasteiger partial charge in [0.2, 0.25) is 5.88 Å². The zero-order valence-electron chi connectivity index (χ0n) is 16.8. The molecule has 0 radical (unpaired) electrons. The van der Waals surface area contributed by atoms with Crippen LogP contribution in [0.15, 0.2) is 41.8 Å². The van der Waals surface area contributed by atoms with Gasteiger partial charge in [-0.1, -0.05) is 32.0 Å². The third-order valence-corrected chi connectivity index (χ3v) is 6.91. The van der Waals surface area contributed by atoms with Crippen molar-refractivity contribution in [3.8, 4) is 5.88 Å². The summed E-state index contributed by atoms with van der Waals surface area (Å²) in [6, 6.07) is 6.76. The van der Waals surface area contributed by atoms with Gasteiger partial charge in [-0.25, -0.2) is 18.4 Å². The number of ether oxygens (including phenoxy) is 2. The fourth-order valence-electron chi connectivity index (χ4n) is 3.73. The first kappa shape index (κ1) is 19.8. The van der Waals surface area contributed by atoms with E-state index in [0.717, 1.165) is 0 Å². The third kappa shape index (κ3) is 3.60. The maximum absolute atomic E-state index is 12.0. The number of sulfone groups is 1. The summed E-state index contributed by atoms with van der Waals surface area (Å²) in [5, 5.41) is 0. The van der Waals surface area contributed by atoms with Crippen LogP contribution < -0.4 is 4.74 Å². The summed E-state index contributed by atoms with van der Waals surface area (Å²) in [4.78, 5) is 13.3. The van der Waals surface area contributed by atoms with Crippen LogP contribution >= 0.6 is 0 Å². The summed E-state index contributed by atoms with van der Waals surface area (Å²) in [5.74, 6) is 1.04. The average Bonchev–Trinajstić information content (AvgIpc) is 3.22. The maximum atomic E-state index is 12.0. The van der Waals surface area contributed by atoms with Gasteiger partial charge in [0, 0.05) is 17.7 Å². The molecule has 0 spiro atoms. The Morgan fingerprint density at radius 3 is 2.55 bits per heavy atom. The molecule has 0 amide bonds. The van der Waals surface area contributed by atoms with Crippen molar-refractivity contribution < 1.29 is 17.9 Å². The number of hydrogen-bond acceptors (Lipinski definition) is 7. The first-order chi connectivity index (χ1) is 13.8. The lowest BCUT2D eigenvalue weighted by atomic mass is 9.93. The molecule has 1 saturated heterocycles. The van der Waals surface area contributed by atoms with Crippen molar-refractivity contribution in [2.45, 2.75) is 44.6 Å². The van der Waals surface area contributed by atoms with Gasteiger partial charge in [-0.15, -0.1) is 0 Å². The Balaban J connectivity index is 1.63. The molecule has 8 nitrogen and oxygen atoms in total. The molecule has 0 bridgehead atoms. The summed E-state index contributed by atoms with van der Waals surface area (Å²) in [6.45, 7) is 6.47. The van der Waals surface area contributed by atoms with Gasteiger partial charge in [0.25, 0.3) is 0 Å². The molecule has 3 heterocycles. The van der Waals surface area contributed by atoms with Crippen molar-refractivity contribution in [2.24, 2.45) is 11.8 Å². The lowest BCUT2D eigenvalue weighted by molar-refractivity contribution is -0.00236. The van der Waals surface area contributed by atoms with E-state index in [1.165, 1.54) is 12.6 Å². The highest BCUT2D eigenvalue weighted by Crippen LogP contribution is 2.40. The Morgan fingerprint density at radius 2 is 1.86 bits per heavy atom. The van der Waals surface area contributed by atoms with Gasteiger partial charge in [0.15, 0.2) is 21.0 Å². The lowest BCUT2D eigenvalue weighted by Gasteiger charge is -2.18. The highest BCUT2D eigenvalue weighted by molar-refractivity contribution is 7.90. The van der Waals surface area contributed by atoms with Crippen molar-refractivity contribution in [3.63, 3.8) is 0 Å². The third-order valence-electron chi connectivity index (χ3n) is 5.71. The number of benzene rings is 1. The van der Waals surface area contributed by atoms with Gasteiger partial charge < -0.3 is 9.47 Å². The second-order valence-electron chi connectivity index (χ2n) is 7.62. The van der Waals surface area contributed by atoms with Crippen LogP contribution in [-0.4, -0.2) is 40.3 Å². The van der Waals surface area contributed by atoms with Crippen LogP contribution in [0.1, 0.15) is 32.6 Å². The monoisotopic (exact) mass is 416 g/mol. The molecular formula is C20H24N4O4S. The van der Waals surface area contributed by atoms with E-state index in [1.54, 1.807) is 30.6 Å². The summed E-state index contributed by atoms with van der Waals surface area (Å²) in [6.07, 6.45) is 4.30. The van der Waals surface area contributed by atoms with E-state index in [9.17, 15) is 8.42 Å². The molecule has 9 heteroatoms. The van der Waals surface area contributed by atoms with Crippen LogP contribution in [0.3, 0.4) is 0 Å². The van der Waals surface area contributed by atoms with Gasteiger partial charge in [-0.2, -0.15) is 4.98 Å². The highest BCUT2D eigenvalue weighted by atomic mass is 32.2. The standard InChI is InChI=1S/C20H24N4O4S/c1-12-13(2)20(28-14(12)3)24-11-23-17-18(24)21-10-22-19(17)27-9-15-7-5-6-8-16(15)29(4,25)26/h5-8,10-14,20H,9H2,1-4H3/t12-,13+,14+,20+/m0/s1. The second-order valence-corrected chi connectivity index (χ2v) is 9.61. The van der Waals surface area contributed by atoms with Crippen LogP contribution in [0, 0.1) is 11.8 Å². The van der Waals surface area contributed by atoms with Gasteiger partial charge >= 0.3 is 0 Å². The minimum absolute atomic E-state index is 0.0621. The molecule has 4 rings (SSSR count). The van der Waals surface area contributed by atoms with Crippen LogP contribution in [0.2, 0.25) is 0 Å². The molecule has 4 atom stereocenters. The van der Waals surface area contributed by atoms with E-state index in [1.807, 2.05) is 4.57 Å². The van der Waals surface area contributed by atoms with Crippen LogP contribution in [-0.2, 0) is 21.2 Å². The molecular weight excluding hydrogens is 392 g/mol.